The van der Waals surface area contributed by atoms with Gasteiger partial charge in [-0.25, -0.2) is 0 Å². The van der Waals surface area contributed by atoms with Gasteiger partial charge in [0.15, 0.2) is 0 Å². The average Bonchev–Trinajstić information content (AvgIpc) is 3.97. The van der Waals surface area contributed by atoms with Crippen molar-refractivity contribution in [3.8, 4) is 44.5 Å². The summed E-state index contributed by atoms with van der Waals surface area (Å²) < 4.78 is 0. The Kier molecular flexibility index (Phi) is 8.99. The topological polar surface area (TPSA) is 6.48 Å². The summed E-state index contributed by atoms with van der Waals surface area (Å²) in [4.78, 5) is 5.36. The molecule has 4 aliphatic rings. The number of anilines is 4. The zero-order valence-electron chi connectivity index (χ0n) is 40.4. The van der Waals surface area contributed by atoms with Gasteiger partial charge in [-0.15, -0.1) is 0 Å². The summed E-state index contributed by atoms with van der Waals surface area (Å²) in [7, 11) is 0. The average molecular weight is 881 g/mol. The third kappa shape index (κ3) is 5.70. The second kappa shape index (κ2) is 14.8. The van der Waals surface area contributed by atoms with Crippen molar-refractivity contribution in [1.82, 2.24) is 0 Å². The van der Waals surface area contributed by atoms with Crippen LogP contribution in [0.1, 0.15) is 90.2 Å². The Morgan fingerprint density at radius 1 is 0.338 bits per heavy atom. The van der Waals surface area contributed by atoms with E-state index in [1.165, 1.54) is 126 Å². The highest BCUT2D eigenvalue weighted by molar-refractivity contribution is 6.22. The van der Waals surface area contributed by atoms with Gasteiger partial charge in [-0.1, -0.05) is 161 Å². The molecule has 0 amide bonds. The predicted octanol–water partition coefficient (Wildman–Crippen LogP) is 18.3. The molecule has 2 fully saturated rings. The first kappa shape index (κ1) is 41.3. The monoisotopic (exact) mass is 880 g/mol. The van der Waals surface area contributed by atoms with E-state index in [4.69, 9.17) is 0 Å². The largest absolute Gasteiger partial charge is 0.334 e. The molecule has 2 heteroatoms. The molecule has 0 spiro atoms. The molecular weight excluding hydrogens is 821 g/mol. The summed E-state index contributed by atoms with van der Waals surface area (Å²) in [6, 6.07) is 73.7. The first-order chi connectivity index (χ1) is 33.0. The van der Waals surface area contributed by atoms with Crippen LogP contribution in [0.4, 0.5) is 22.7 Å². The summed E-state index contributed by atoms with van der Waals surface area (Å²) in [5.41, 5.74) is 18.7. The number of nitrogens with zero attached hydrogens (tertiary/aromatic N) is 2. The van der Waals surface area contributed by atoms with Crippen LogP contribution in [0.15, 0.2) is 194 Å². The first-order valence-corrected chi connectivity index (χ1v) is 25.1. The number of rotatable bonds is 6. The van der Waals surface area contributed by atoms with Gasteiger partial charge in [-0.05, 0) is 188 Å². The maximum absolute atomic E-state index is 2.68. The fraction of sp³-hybridized carbons (Fsp3) is 0.242. The number of para-hydroxylation sites is 2. The Morgan fingerprint density at radius 2 is 0.676 bits per heavy atom. The van der Waals surface area contributed by atoms with Crippen LogP contribution < -0.4 is 9.80 Å². The van der Waals surface area contributed by atoms with Crippen molar-refractivity contribution in [2.24, 2.45) is 10.8 Å². The van der Waals surface area contributed by atoms with Gasteiger partial charge in [0.05, 0.1) is 11.1 Å². The van der Waals surface area contributed by atoms with Crippen molar-refractivity contribution in [1.29, 1.82) is 0 Å². The smallest absolute Gasteiger partial charge is 0.0543 e. The number of hydrogen-bond donors (Lipinski definition) is 0. The number of benzene rings is 9. The lowest BCUT2D eigenvalue weighted by molar-refractivity contribution is 0.222. The molecular formula is C66H60N2. The molecule has 0 radical (unpaired) electrons. The lowest BCUT2D eigenvalue weighted by Gasteiger charge is -2.47. The van der Waals surface area contributed by atoms with Crippen molar-refractivity contribution >= 4 is 44.3 Å². The van der Waals surface area contributed by atoms with Gasteiger partial charge in [0.25, 0.3) is 0 Å². The van der Waals surface area contributed by atoms with Gasteiger partial charge >= 0.3 is 0 Å². The van der Waals surface area contributed by atoms with E-state index in [9.17, 15) is 0 Å². The van der Waals surface area contributed by atoms with E-state index < -0.39 is 0 Å². The van der Waals surface area contributed by atoms with Gasteiger partial charge < -0.3 is 9.80 Å². The van der Waals surface area contributed by atoms with Crippen molar-refractivity contribution in [3.05, 3.63) is 205 Å². The van der Waals surface area contributed by atoms with Crippen LogP contribution >= 0.6 is 0 Å². The number of hydrogen-bond acceptors (Lipinski definition) is 2. The van der Waals surface area contributed by atoms with Gasteiger partial charge in [-0.2, -0.15) is 0 Å². The normalized spacial score (nSPS) is 22.9. The lowest BCUT2D eigenvalue weighted by atomic mass is 9.72. The summed E-state index contributed by atoms with van der Waals surface area (Å²) in [6.45, 7) is 15.0. The van der Waals surface area contributed by atoms with E-state index in [2.05, 4.69) is 245 Å². The highest BCUT2D eigenvalue weighted by Gasteiger charge is 2.62. The van der Waals surface area contributed by atoms with Gasteiger partial charge in [-0.3, -0.25) is 0 Å². The second-order valence-corrected chi connectivity index (χ2v) is 22.1. The molecule has 334 valence electrons. The summed E-state index contributed by atoms with van der Waals surface area (Å²) in [6.07, 6.45) is 4.82. The molecule has 0 aromatic heterocycles. The van der Waals surface area contributed by atoms with Crippen molar-refractivity contribution < 1.29 is 0 Å². The Hall–Kier alpha value is -6.90. The molecule has 2 aliphatic carbocycles. The minimum absolute atomic E-state index is 0.0160. The van der Waals surface area contributed by atoms with Crippen LogP contribution in [0.3, 0.4) is 0 Å². The van der Waals surface area contributed by atoms with Crippen LogP contribution in [0.2, 0.25) is 0 Å². The molecule has 0 N–H and O–H groups in total. The summed E-state index contributed by atoms with van der Waals surface area (Å²) in [5, 5.41) is 5.13. The van der Waals surface area contributed by atoms with Gasteiger partial charge in [0.2, 0.25) is 0 Å². The van der Waals surface area contributed by atoms with Gasteiger partial charge in [0, 0.05) is 34.6 Å². The fourth-order valence-corrected chi connectivity index (χ4v) is 14.2. The van der Waals surface area contributed by atoms with Crippen LogP contribution in [0.25, 0.3) is 66.1 Å². The second-order valence-electron chi connectivity index (χ2n) is 22.1. The van der Waals surface area contributed by atoms with E-state index in [1.54, 1.807) is 0 Å². The molecule has 13 rings (SSSR count). The van der Waals surface area contributed by atoms with Crippen LogP contribution in [0, 0.1) is 10.8 Å². The minimum atomic E-state index is -0.0160. The lowest BCUT2D eigenvalue weighted by Crippen LogP contribution is -2.50. The SMILES string of the molecule is CC1(C)CCC2c3cc(-c4ccc5c(-c6ccccc6)c6cc(-c7ccc8c(c7)C7CCC(C)(C)C7(C)N8c7ccccc7)ccc6c(-c6ccccc6)c5c4)ccc3N(c3ccccc3)C21C. The molecule has 4 atom stereocenters. The Morgan fingerprint density at radius 3 is 1.06 bits per heavy atom. The maximum atomic E-state index is 2.68. The molecule has 0 bridgehead atoms. The maximum Gasteiger partial charge on any atom is 0.0543 e. The molecule has 2 saturated carbocycles. The minimum Gasteiger partial charge on any atom is -0.334 e. The van der Waals surface area contributed by atoms with E-state index in [-0.39, 0.29) is 21.9 Å². The number of fused-ring (bicyclic) bond motifs is 8. The van der Waals surface area contributed by atoms with Crippen molar-refractivity contribution in [2.45, 2.75) is 90.1 Å². The zero-order valence-corrected chi connectivity index (χ0v) is 40.4. The van der Waals surface area contributed by atoms with Crippen LogP contribution in [0.5, 0.6) is 0 Å². The Balaban J connectivity index is 0.997. The highest BCUT2D eigenvalue weighted by atomic mass is 15.3. The van der Waals surface area contributed by atoms with E-state index in [0.717, 1.165) is 0 Å². The standard InChI is InChI=1S/C66H60N2/c1-63(2)37-35-57-55-41-47(29-33-59(55)67(65(57,63)5)49-23-15-9-16-24-49)45-27-31-51-53(39-45)61(43-19-11-7-12-20-43)52-32-28-46(40-54(52)62(51)44-21-13-8-14-22-44)48-30-34-60-56(42-48)58-36-38-64(3,4)66(58,6)68(60)50-25-17-10-18-26-50/h7-34,39-42,57-58H,35-38H2,1-6H3. The van der Waals surface area contributed by atoms with E-state index in [1.807, 2.05) is 0 Å². The molecule has 4 unspecified atom stereocenters. The Labute approximate surface area is 402 Å². The molecule has 9 aromatic carbocycles. The van der Waals surface area contributed by atoms with Crippen molar-refractivity contribution in [3.63, 3.8) is 0 Å². The van der Waals surface area contributed by atoms with Crippen LogP contribution in [-0.2, 0) is 0 Å². The molecule has 2 nitrogen and oxygen atoms in total. The molecule has 9 aromatic rings. The third-order valence-electron chi connectivity index (χ3n) is 18.4. The van der Waals surface area contributed by atoms with Crippen molar-refractivity contribution in [2.75, 3.05) is 9.80 Å². The highest BCUT2D eigenvalue weighted by Crippen LogP contribution is 2.67. The predicted molar refractivity (Wildman–Crippen MR) is 289 cm³/mol. The fourth-order valence-electron chi connectivity index (χ4n) is 14.2. The third-order valence-corrected chi connectivity index (χ3v) is 18.4. The summed E-state index contributed by atoms with van der Waals surface area (Å²) in [5.74, 6) is 0.914. The van der Waals surface area contributed by atoms with Crippen LogP contribution in [-0.4, -0.2) is 11.1 Å². The molecule has 2 aliphatic heterocycles. The molecule has 0 saturated heterocycles. The quantitative estimate of drug-likeness (QED) is 0.154. The van der Waals surface area contributed by atoms with Gasteiger partial charge in [0.1, 0.15) is 0 Å². The molecule has 2 heterocycles. The molecule has 68 heavy (non-hydrogen) atoms. The zero-order chi connectivity index (χ0) is 46.2. The van der Waals surface area contributed by atoms with E-state index >= 15 is 0 Å². The first-order valence-electron chi connectivity index (χ1n) is 25.1. The van der Waals surface area contributed by atoms with E-state index in [0.29, 0.717) is 11.8 Å². The Bertz CT molecular complexity index is 3210. The summed E-state index contributed by atoms with van der Waals surface area (Å²) >= 11 is 0.